The van der Waals surface area contributed by atoms with E-state index in [9.17, 15) is 9.90 Å². The van der Waals surface area contributed by atoms with E-state index >= 15 is 0 Å². The Bertz CT molecular complexity index is 1440. The van der Waals surface area contributed by atoms with Gasteiger partial charge in [-0.1, -0.05) is 19.9 Å². The molecular weight excluding hydrogens is 444 g/mol. The molecule has 0 aliphatic heterocycles. The van der Waals surface area contributed by atoms with Crippen LogP contribution in [-0.2, 0) is 0 Å². The van der Waals surface area contributed by atoms with E-state index in [2.05, 4.69) is 0 Å². The van der Waals surface area contributed by atoms with E-state index in [-0.39, 0.29) is 45.3 Å². The maximum absolute atomic E-state index is 13.1. The van der Waals surface area contributed by atoms with E-state index < -0.39 is 5.63 Å². The summed E-state index contributed by atoms with van der Waals surface area (Å²) in [7, 11) is 7.37. The van der Waals surface area contributed by atoms with E-state index in [0.29, 0.717) is 34.0 Å². The Morgan fingerprint density at radius 3 is 1.94 bits per heavy atom. The minimum atomic E-state index is -0.778. The molecule has 34 heavy (non-hydrogen) atoms. The van der Waals surface area contributed by atoms with Crippen LogP contribution >= 0.6 is 0 Å². The molecule has 2 aromatic carbocycles. The third-order valence-electron chi connectivity index (χ3n) is 5.67. The third-order valence-corrected chi connectivity index (χ3v) is 5.67. The predicted molar refractivity (Wildman–Crippen MR) is 126 cm³/mol. The lowest BCUT2D eigenvalue weighted by atomic mass is 10.0. The molecule has 0 aliphatic carbocycles. The number of hydrogen-bond acceptors (Lipinski definition) is 9. The molecule has 0 saturated heterocycles. The highest BCUT2D eigenvalue weighted by Crippen LogP contribution is 2.53. The fourth-order valence-corrected chi connectivity index (χ4v) is 4.14. The van der Waals surface area contributed by atoms with Crippen LogP contribution in [-0.4, -0.2) is 40.7 Å². The van der Waals surface area contributed by atoms with Crippen molar-refractivity contribution in [1.82, 2.24) is 0 Å². The van der Waals surface area contributed by atoms with E-state index in [1.165, 1.54) is 35.5 Å². The van der Waals surface area contributed by atoms with Crippen molar-refractivity contribution in [1.29, 1.82) is 0 Å². The Kier molecular flexibility index (Phi) is 5.95. The highest BCUT2D eigenvalue weighted by atomic mass is 16.5. The van der Waals surface area contributed by atoms with Gasteiger partial charge in [0.15, 0.2) is 28.4 Å². The van der Waals surface area contributed by atoms with Crippen LogP contribution < -0.4 is 29.3 Å². The van der Waals surface area contributed by atoms with Gasteiger partial charge >= 0.3 is 5.63 Å². The third kappa shape index (κ3) is 3.27. The largest absolute Gasteiger partial charge is 0.506 e. The molecule has 2 heterocycles. The summed E-state index contributed by atoms with van der Waals surface area (Å²) in [4.78, 5) is 13.1. The van der Waals surface area contributed by atoms with Gasteiger partial charge in [-0.25, -0.2) is 4.79 Å². The first kappa shape index (κ1) is 23.2. The van der Waals surface area contributed by atoms with Gasteiger partial charge in [-0.15, -0.1) is 0 Å². The van der Waals surface area contributed by atoms with Crippen molar-refractivity contribution in [2.75, 3.05) is 35.5 Å². The van der Waals surface area contributed by atoms with Crippen LogP contribution in [0, 0.1) is 0 Å². The van der Waals surface area contributed by atoms with E-state index in [0.717, 1.165) is 0 Å². The number of fused-ring (bicyclic) bond motifs is 2. The summed E-state index contributed by atoms with van der Waals surface area (Å²) in [6.07, 6.45) is 0. The average molecular weight is 470 g/mol. The molecule has 0 bridgehead atoms. The highest BCUT2D eigenvalue weighted by Gasteiger charge is 2.31. The molecule has 2 aromatic heterocycles. The Balaban J connectivity index is 2.19. The summed E-state index contributed by atoms with van der Waals surface area (Å²) in [6.45, 7) is 3.90. The first-order valence-corrected chi connectivity index (χ1v) is 10.5. The molecule has 0 fully saturated rings. The van der Waals surface area contributed by atoms with Gasteiger partial charge in [0.2, 0.25) is 5.75 Å². The van der Waals surface area contributed by atoms with Crippen molar-refractivity contribution in [3.05, 3.63) is 34.4 Å². The first-order valence-electron chi connectivity index (χ1n) is 10.5. The number of benzene rings is 2. The zero-order valence-electron chi connectivity index (χ0n) is 20.0. The minimum Gasteiger partial charge on any atom is -0.506 e. The van der Waals surface area contributed by atoms with Crippen molar-refractivity contribution >= 4 is 21.9 Å². The van der Waals surface area contributed by atoms with Gasteiger partial charge in [0.25, 0.3) is 0 Å². The Morgan fingerprint density at radius 1 is 0.765 bits per heavy atom. The molecule has 0 unspecified atom stereocenters. The summed E-state index contributed by atoms with van der Waals surface area (Å²) in [5.41, 5.74) is -0.202. The SMILES string of the molecule is COc1ccc(-c2c(O)c3c(OC)c4c(OC)c(C(C)C)oc4c(OC)c3oc2=O)cc1OC. The Hall–Kier alpha value is -4.01. The fourth-order valence-electron chi connectivity index (χ4n) is 4.14. The summed E-state index contributed by atoms with van der Waals surface area (Å²) in [5, 5.41) is 12.0. The smallest absolute Gasteiger partial charge is 0.348 e. The summed E-state index contributed by atoms with van der Waals surface area (Å²) < 4.78 is 39.3. The van der Waals surface area contributed by atoms with Crippen LogP contribution in [0.1, 0.15) is 25.5 Å². The molecule has 1 N–H and O–H groups in total. The van der Waals surface area contributed by atoms with Crippen molar-refractivity contribution in [2.24, 2.45) is 0 Å². The second-order valence-corrected chi connectivity index (χ2v) is 7.81. The van der Waals surface area contributed by atoms with Crippen molar-refractivity contribution in [3.8, 4) is 45.6 Å². The van der Waals surface area contributed by atoms with E-state index in [1.54, 1.807) is 18.2 Å². The van der Waals surface area contributed by atoms with Gasteiger partial charge in [0.1, 0.15) is 33.6 Å². The van der Waals surface area contributed by atoms with Crippen molar-refractivity contribution in [2.45, 2.75) is 19.8 Å². The standard InChI is InChI=1S/C25H26O9/c1-11(2)19-21(31-6)17-20(30-5)16-18(26)15(12-8-9-13(28-3)14(10-12)29-4)25(27)34-22(16)24(32-7)23(17)33-19/h8-11,26H,1-7H3. The molecular formula is C25H26O9. The van der Waals surface area contributed by atoms with Gasteiger partial charge in [-0.2, -0.15) is 0 Å². The molecule has 0 spiro atoms. The molecule has 0 amide bonds. The van der Waals surface area contributed by atoms with Crippen LogP contribution in [0.5, 0.6) is 34.5 Å². The van der Waals surface area contributed by atoms with Crippen LogP contribution in [0.3, 0.4) is 0 Å². The van der Waals surface area contributed by atoms with Gasteiger partial charge in [-0.3, -0.25) is 0 Å². The van der Waals surface area contributed by atoms with Crippen molar-refractivity contribution in [3.63, 3.8) is 0 Å². The molecule has 0 atom stereocenters. The topological polar surface area (TPSA) is 110 Å². The number of aromatic hydroxyl groups is 1. The van der Waals surface area contributed by atoms with Crippen LogP contribution in [0.25, 0.3) is 33.1 Å². The normalized spacial score (nSPS) is 11.3. The lowest BCUT2D eigenvalue weighted by Crippen LogP contribution is -2.06. The Labute approximate surface area is 195 Å². The molecule has 4 rings (SSSR count). The maximum atomic E-state index is 13.1. The van der Waals surface area contributed by atoms with Gasteiger partial charge < -0.3 is 37.6 Å². The average Bonchev–Trinajstić information content (AvgIpc) is 3.22. The number of ether oxygens (including phenoxy) is 5. The van der Waals surface area contributed by atoms with Crippen LogP contribution in [0.2, 0.25) is 0 Å². The second-order valence-electron chi connectivity index (χ2n) is 7.81. The molecule has 180 valence electrons. The zero-order valence-corrected chi connectivity index (χ0v) is 20.0. The molecule has 0 radical (unpaired) electrons. The Morgan fingerprint density at radius 2 is 1.38 bits per heavy atom. The summed E-state index contributed by atoms with van der Waals surface area (Å²) in [5.74, 6) is 1.86. The quantitative estimate of drug-likeness (QED) is 0.370. The first-order chi connectivity index (χ1) is 16.3. The minimum absolute atomic E-state index is 0.00899. The number of furan rings is 1. The number of methoxy groups -OCH3 is 5. The number of rotatable bonds is 7. The van der Waals surface area contributed by atoms with E-state index in [4.69, 9.17) is 32.5 Å². The fraction of sp³-hybridized carbons (Fsp3) is 0.320. The maximum Gasteiger partial charge on any atom is 0.348 e. The molecule has 4 aromatic rings. The monoisotopic (exact) mass is 470 g/mol. The lowest BCUT2D eigenvalue weighted by molar-refractivity contribution is 0.355. The highest BCUT2D eigenvalue weighted by molar-refractivity contribution is 6.12. The van der Waals surface area contributed by atoms with Crippen molar-refractivity contribution < 1.29 is 37.6 Å². The molecule has 0 saturated carbocycles. The summed E-state index contributed by atoms with van der Waals surface area (Å²) in [6, 6.07) is 4.83. The zero-order chi connectivity index (χ0) is 24.7. The van der Waals surface area contributed by atoms with E-state index in [1.807, 2.05) is 13.8 Å². The predicted octanol–water partition coefficient (Wildman–Crippen LogP) is 5.08. The van der Waals surface area contributed by atoms with Crippen LogP contribution in [0.4, 0.5) is 0 Å². The number of hydrogen-bond donors (Lipinski definition) is 1. The van der Waals surface area contributed by atoms with Gasteiger partial charge in [0, 0.05) is 5.92 Å². The lowest BCUT2D eigenvalue weighted by Gasteiger charge is -2.15. The second kappa shape index (κ2) is 8.74. The molecule has 9 heteroatoms. The van der Waals surface area contributed by atoms with Gasteiger partial charge in [-0.05, 0) is 17.7 Å². The van der Waals surface area contributed by atoms with Gasteiger partial charge in [0.05, 0.1) is 35.5 Å². The molecule has 0 aliphatic rings. The summed E-state index contributed by atoms with van der Waals surface area (Å²) >= 11 is 0. The molecule has 9 nitrogen and oxygen atoms in total. The van der Waals surface area contributed by atoms with Crippen LogP contribution in [0.15, 0.2) is 31.8 Å².